The molecule has 2 aliphatic carbocycles. The molecule has 2 saturated carbocycles. The fourth-order valence-corrected chi connectivity index (χ4v) is 4.73. The minimum Gasteiger partial charge on any atom is -0.481 e. The van der Waals surface area contributed by atoms with Gasteiger partial charge in [-0.05, 0) is 18.3 Å². The summed E-state index contributed by atoms with van der Waals surface area (Å²) in [5.74, 6) is -3.52. The zero-order valence-corrected chi connectivity index (χ0v) is 11.0. The first-order chi connectivity index (χ1) is 9.51. The Labute approximate surface area is 117 Å². The van der Waals surface area contributed by atoms with E-state index in [1.165, 1.54) is 18.0 Å². The summed E-state index contributed by atoms with van der Waals surface area (Å²) in [7, 11) is 0. The topological polar surface area (TPSA) is 140 Å². The van der Waals surface area contributed by atoms with Crippen LogP contribution in [0.15, 0.2) is 11.2 Å². The molecule has 4 N–H and O–H groups in total. The first kappa shape index (κ1) is 13.1. The van der Waals surface area contributed by atoms with Crippen LogP contribution in [-0.4, -0.2) is 49.0 Å². The van der Waals surface area contributed by atoms with Gasteiger partial charge < -0.3 is 15.6 Å². The fraction of sp³-hybridized carbons (Fsp3) is 0.545. The summed E-state index contributed by atoms with van der Waals surface area (Å²) in [5, 5.41) is 36.5. The van der Waals surface area contributed by atoms with Gasteiger partial charge in [0.2, 0.25) is 0 Å². The average molecular weight is 296 g/mol. The van der Waals surface area contributed by atoms with E-state index in [-0.39, 0.29) is 17.6 Å². The molecule has 20 heavy (non-hydrogen) atoms. The second-order valence-electron chi connectivity index (χ2n) is 5.13. The van der Waals surface area contributed by atoms with Gasteiger partial charge in [-0.2, -0.15) is 10.3 Å². The van der Waals surface area contributed by atoms with Crippen molar-refractivity contribution < 1.29 is 19.8 Å². The fourth-order valence-electron chi connectivity index (χ4n) is 3.35. The molecule has 0 radical (unpaired) electrons. The predicted octanol–water partition coefficient (Wildman–Crippen LogP) is 0.336. The molecule has 106 valence electrons. The minimum atomic E-state index is -1.37. The van der Waals surface area contributed by atoms with Gasteiger partial charge in [-0.1, -0.05) is 11.8 Å². The van der Waals surface area contributed by atoms with Gasteiger partial charge in [-0.15, -0.1) is 5.10 Å². The van der Waals surface area contributed by atoms with Crippen molar-refractivity contribution >= 4 is 29.9 Å². The molecule has 0 spiro atoms. The number of nitrogens with zero attached hydrogens (tertiary/aromatic N) is 2. The van der Waals surface area contributed by atoms with Crippen molar-refractivity contribution in [3.63, 3.8) is 0 Å². The van der Waals surface area contributed by atoms with Gasteiger partial charge >= 0.3 is 11.9 Å². The Balaban J connectivity index is 1.89. The standard InChI is InChI=1S/C11H12N4O4S/c12-3-11(10(18)19)1-4(20-5-2-13-15-14-5)6-7(8(6)11)9(16)17/h2-4,6-8,12H,1H2,(H,16,17)(H,18,19)(H,13,14,15)/t4-,6+,7+,8+,11+/m1/s1. The first-order valence-corrected chi connectivity index (χ1v) is 6.89. The number of H-pyrrole nitrogens is 1. The van der Waals surface area contributed by atoms with E-state index in [0.29, 0.717) is 5.03 Å². The van der Waals surface area contributed by atoms with Crippen LogP contribution in [0.25, 0.3) is 0 Å². The third-order valence-electron chi connectivity index (χ3n) is 4.24. The van der Waals surface area contributed by atoms with Crippen molar-refractivity contribution in [1.82, 2.24) is 15.4 Å². The molecule has 2 fully saturated rings. The molecule has 1 aromatic rings. The van der Waals surface area contributed by atoms with Crippen LogP contribution in [0.3, 0.4) is 0 Å². The lowest BCUT2D eigenvalue weighted by Crippen LogP contribution is -2.36. The summed E-state index contributed by atoms with van der Waals surface area (Å²) in [5.41, 5.74) is -1.37. The zero-order valence-electron chi connectivity index (χ0n) is 10.2. The molecule has 1 aromatic heterocycles. The van der Waals surface area contributed by atoms with Crippen LogP contribution in [0.5, 0.6) is 0 Å². The quantitative estimate of drug-likeness (QED) is 0.574. The number of aromatic amines is 1. The largest absolute Gasteiger partial charge is 0.481 e. The van der Waals surface area contributed by atoms with Crippen LogP contribution in [-0.2, 0) is 9.59 Å². The monoisotopic (exact) mass is 296 g/mol. The Morgan fingerprint density at radius 1 is 1.55 bits per heavy atom. The van der Waals surface area contributed by atoms with Crippen LogP contribution in [0.1, 0.15) is 6.42 Å². The van der Waals surface area contributed by atoms with Crippen molar-refractivity contribution in [2.45, 2.75) is 16.7 Å². The number of carbonyl (C=O) groups is 2. The summed E-state index contributed by atoms with van der Waals surface area (Å²) in [6.45, 7) is 0. The number of aliphatic carboxylic acids is 2. The molecule has 1 heterocycles. The molecule has 9 heteroatoms. The Bertz CT molecular complexity index is 577. The predicted molar refractivity (Wildman–Crippen MR) is 67.6 cm³/mol. The van der Waals surface area contributed by atoms with Gasteiger partial charge in [0.1, 0.15) is 10.4 Å². The van der Waals surface area contributed by atoms with Crippen LogP contribution >= 0.6 is 11.8 Å². The van der Waals surface area contributed by atoms with Crippen LogP contribution < -0.4 is 0 Å². The summed E-state index contributed by atoms with van der Waals surface area (Å²) >= 11 is 1.33. The summed E-state index contributed by atoms with van der Waals surface area (Å²) in [6, 6.07) is 0. The van der Waals surface area contributed by atoms with Gasteiger partial charge in [-0.25, -0.2) is 0 Å². The summed E-state index contributed by atoms with van der Waals surface area (Å²) in [6.07, 6.45) is 2.67. The average Bonchev–Trinajstić information content (AvgIpc) is 2.78. The van der Waals surface area contributed by atoms with Crippen molar-refractivity contribution in [2.75, 3.05) is 0 Å². The lowest BCUT2D eigenvalue weighted by atomic mass is 9.82. The number of thioether (sulfide) groups is 1. The van der Waals surface area contributed by atoms with Crippen molar-refractivity contribution in [3.05, 3.63) is 6.20 Å². The molecule has 0 bridgehead atoms. The summed E-state index contributed by atoms with van der Waals surface area (Å²) in [4.78, 5) is 22.8. The third-order valence-corrected chi connectivity index (χ3v) is 5.47. The number of carboxylic acids is 2. The number of nitrogens with one attached hydrogen (secondary N) is 2. The number of carboxylic acid groups (broad SMARTS) is 2. The van der Waals surface area contributed by atoms with E-state index in [9.17, 15) is 19.8 Å². The molecule has 2 aliphatic rings. The Kier molecular flexibility index (Phi) is 2.82. The second kappa shape index (κ2) is 4.30. The lowest BCUT2D eigenvalue weighted by molar-refractivity contribution is -0.146. The van der Waals surface area contributed by atoms with E-state index in [0.717, 1.165) is 6.21 Å². The lowest BCUT2D eigenvalue weighted by Gasteiger charge is -2.23. The number of rotatable bonds is 5. The highest BCUT2D eigenvalue weighted by Crippen LogP contribution is 2.68. The maximum absolute atomic E-state index is 11.5. The number of aromatic nitrogens is 3. The van der Waals surface area contributed by atoms with E-state index in [2.05, 4.69) is 15.4 Å². The highest BCUT2D eigenvalue weighted by Gasteiger charge is 2.74. The maximum atomic E-state index is 11.5. The number of hydrogen-bond donors (Lipinski definition) is 4. The summed E-state index contributed by atoms with van der Waals surface area (Å²) < 4.78 is 0. The first-order valence-electron chi connectivity index (χ1n) is 6.01. The van der Waals surface area contributed by atoms with Crippen molar-refractivity contribution in [3.8, 4) is 0 Å². The Hall–Kier alpha value is -1.90. The SMILES string of the molecule is N=C[C@@]1(C(=O)O)C[C@@H](Sc2cn[nH]n2)[C@H]2[C@H](C(=O)O)[C@H]21. The van der Waals surface area contributed by atoms with E-state index in [1.54, 1.807) is 0 Å². The number of fused-ring (bicyclic) bond motifs is 1. The van der Waals surface area contributed by atoms with E-state index < -0.39 is 29.2 Å². The molecular weight excluding hydrogens is 284 g/mol. The maximum Gasteiger partial charge on any atom is 0.315 e. The molecule has 0 aromatic carbocycles. The van der Waals surface area contributed by atoms with E-state index in [1.807, 2.05) is 0 Å². The van der Waals surface area contributed by atoms with Crippen LogP contribution in [0.2, 0.25) is 0 Å². The van der Waals surface area contributed by atoms with Gasteiger partial charge in [0, 0.05) is 11.5 Å². The number of hydrogen-bond acceptors (Lipinski definition) is 6. The van der Waals surface area contributed by atoms with E-state index in [4.69, 9.17) is 5.41 Å². The Morgan fingerprint density at radius 2 is 2.30 bits per heavy atom. The molecule has 0 saturated heterocycles. The van der Waals surface area contributed by atoms with E-state index >= 15 is 0 Å². The molecule has 0 aliphatic heterocycles. The van der Waals surface area contributed by atoms with Crippen LogP contribution in [0.4, 0.5) is 0 Å². The molecule has 0 amide bonds. The zero-order chi connectivity index (χ0) is 14.5. The van der Waals surface area contributed by atoms with Crippen LogP contribution in [0, 0.1) is 28.6 Å². The highest BCUT2D eigenvalue weighted by atomic mass is 32.2. The molecule has 8 nitrogen and oxygen atoms in total. The third kappa shape index (κ3) is 1.65. The molecule has 3 rings (SSSR count). The van der Waals surface area contributed by atoms with Crippen molar-refractivity contribution in [2.24, 2.45) is 23.2 Å². The van der Waals surface area contributed by atoms with Gasteiger partial charge in [0.25, 0.3) is 0 Å². The Morgan fingerprint density at radius 3 is 2.80 bits per heavy atom. The molecular formula is C11H12N4O4S. The normalized spacial score (nSPS) is 38.2. The highest BCUT2D eigenvalue weighted by molar-refractivity contribution is 7.99. The van der Waals surface area contributed by atoms with Gasteiger partial charge in [-0.3, -0.25) is 9.59 Å². The smallest absolute Gasteiger partial charge is 0.315 e. The second-order valence-corrected chi connectivity index (χ2v) is 6.39. The minimum absolute atomic E-state index is 0.177. The van der Waals surface area contributed by atoms with Crippen molar-refractivity contribution in [1.29, 1.82) is 5.41 Å². The van der Waals surface area contributed by atoms with Gasteiger partial charge in [0.05, 0.1) is 12.1 Å². The van der Waals surface area contributed by atoms with Gasteiger partial charge in [0.15, 0.2) is 0 Å². The molecule has 5 atom stereocenters. The molecule has 0 unspecified atom stereocenters.